The molecule has 6 nitrogen and oxygen atoms in total. The van der Waals surface area contributed by atoms with Gasteiger partial charge in [0.2, 0.25) is 5.91 Å². The van der Waals surface area contributed by atoms with Crippen molar-refractivity contribution in [2.45, 2.75) is 26.8 Å². The molecular formula is C17H20N4O2. The van der Waals surface area contributed by atoms with Crippen LogP contribution in [0.2, 0.25) is 0 Å². The standard InChI is InChI=1S/C17H20N4O2/c1-11(2)16(22)19-14-5-3-4-12(8-14)17(23)21-7-6-15-13(10-21)9-18-20-15/h3-5,8-9,11H,6-7,10H2,1-2H3,(H,18,20)(H,19,22). The molecule has 1 aromatic carbocycles. The van der Waals surface area contributed by atoms with Gasteiger partial charge in [0.05, 0.1) is 6.20 Å². The van der Waals surface area contributed by atoms with Crippen molar-refractivity contribution in [3.8, 4) is 0 Å². The first kappa shape index (κ1) is 15.3. The lowest BCUT2D eigenvalue weighted by atomic mass is 10.1. The van der Waals surface area contributed by atoms with Crippen LogP contribution in [0.3, 0.4) is 0 Å². The molecule has 0 unspecified atom stereocenters. The lowest BCUT2D eigenvalue weighted by Gasteiger charge is -2.26. The average molecular weight is 312 g/mol. The van der Waals surface area contributed by atoms with Gasteiger partial charge in [-0.3, -0.25) is 14.7 Å². The zero-order valence-electron chi connectivity index (χ0n) is 13.3. The highest BCUT2D eigenvalue weighted by Gasteiger charge is 2.23. The van der Waals surface area contributed by atoms with Crippen molar-refractivity contribution in [1.29, 1.82) is 0 Å². The van der Waals surface area contributed by atoms with Crippen LogP contribution < -0.4 is 5.32 Å². The second-order valence-electron chi connectivity index (χ2n) is 6.08. The van der Waals surface area contributed by atoms with E-state index in [4.69, 9.17) is 0 Å². The van der Waals surface area contributed by atoms with E-state index in [1.165, 1.54) is 0 Å². The number of rotatable bonds is 3. The van der Waals surface area contributed by atoms with Crippen LogP contribution in [0.1, 0.15) is 35.5 Å². The predicted molar refractivity (Wildman–Crippen MR) is 86.9 cm³/mol. The predicted octanol–water partition coefficient (Wildman–Crippen LogP) is 2.20. The molecule has 0 spiro atoms. The van der Waals surface area contributed by atoms with Gasteiger partial charge in [0.1, 0.15) is 0 Å². The first-order valence-corrected chi connectivity index (χ1v) is 7.76. The Kier molecular flexibility index (Phi) is 4.14. The van der Waals surface area contributed by atoms with Crippen LogP contribution in [-0.4, -0.2) is 33.5 Å². The number of nitrogens with one attached hydrogen (secondary N) is 2. The first-order chi connectivity index (χ1) is 11.0. The Hall–Kier alpha value is -2.63. The highest BCUT2D eigenvalue weighted by atomic mass is 16.2. The minimum atomic E-state index is -0.101. The van der Waals surface area contributed by atoms with Crippen LogP contribution in [0.15, 0.2) is 30.5 Å². The van der Waals surface area contributed by atoms with Crippen LogP contribution in [0.5, 0.6) is 0 Å². The van der Waals surface area contributed by atoms with Gasteiger partial charge in [-0.05, 0) is 18.2 Å². The smallest absolute Gasteiger partial charge is 0.254 e. The van der Waals surface area contributed by atoms with Gasteiger partial charge in [0.15, 0.2) is 0 Å². The van der Waals surface area contributed by atoms with Crippen LogP contribution >= 0.6 is 0 Å². The summed E-state index contributed by atoms with van der Waals surface area (Å²) in [5.41, 5.74) is 3.40. The minimum Gasteiger partial charge on any atom is -0.334 e. The number of fused-ring (bicyclic) bond motifs is 1. The molecule has 1 aromatic heterocycles. The monoisotopic (exact) mass is 312 g/mol. The fourth-order valence-electron chi connectivity index (χ4n) is 2.59. The second kappa shape index (κ2) is 6.24. The number of aromatic amines is 1. The summed E-state index contributed by atoms with van der Waals surface area (Å²) in [5, 5.41) is 9.81. The van der Waals surface area contributed by atoms with Gasteiger partial charge in [-0.15, -0.1) is 0 Å². The Balaban J connectivity index is 1.74. The molecule has 2 amide bonds. The van der Waals surface area contributed by atoms with E-state index in [0.29, 0.717) is 24.3 Å². The number of amides is 2. The van der Waals surface area contributed by atoms with Crippen LogP contribution in [0.25, 0.3) is 0 Å². The molecule has 1 aliphatic rings. The summed E-state index contributed by atoms with van der Waals surface area (Å²) in [5.74, 6) is -0.191. The molecule has 0 bridgehead atoms. The maximum atomic E-state index is 12.7. The molecular weight excluding hydrogens is 292 g/mol. The van der Waals surface area contributed by atoms with E-state index < -0.39 is 0 Å². The maximum absolute atomic E-state index is 12.7. The van der Waals surface area contributed by atoms with Crippen molar-refractivity contribution in [1.82, 2.24) is 15.1 Å². The maximum Gasteiger partial charge on any atom is 0.254 e. The largest absolute Gasteiger partial charge is 0.334 e. The molecule has 0 radical (unpaired) electrons. The molecule has 1 aliphatic heterocycles. The van der Waals surface area contributed by atoms with Crippen LogP contribution in [0.4, 0.5) is 5.69 Å². The quantitative estimate of drug-likeness (QED) is 0.912. The number of hydrogen-bond donors (Lipinski definition) is 2. The lowest BCUT2D eigenvalue weighted by Crippen LogP contribution is -2.35. The molecule has 2 N–H and O–H groups in total. The van der Waals surface area contributed by atoms with Gasteiger partial charge >= 0.3 is 0 Å². The number of nitrogens with zero attached hydrogens (tertiary/aromatic N) is 2. The van der Waals surface area contributed by atoms with Crippen LogP contribution in [-0.2, 0) is 17.8 Å². The number of carbonyl (C=O) groups excluding carboxylic acids is 2. The summed E-state index contributed by atoms with van der Waals surface area (Å²) < 4.78 is 0. The molecule has 23 heavy (non-hydrogen) atoms. The zero-order chi connectivity index (χ0) is 16.4. The van der Waals surface area contributed by atoms with E-state index in [9.17, 15) is 9.59 Å². The molecule has 0 aliphatic carbocycles. The Labute approximate surface area is 134 Å². The van der Waals surface area contributed by atoms with Gasteiger partial charge in [-0.2, -0.15) is 5.10 Å². The van der Waals surface area contributed by atoms with Crippen molar-refractivity contribution in [3.63, 3.8) is 0 Å². The van der Waals surface area contributed by atoms with Crippen molar-refractivity contribution < 1.29 is 9.59 Å². The van der Waals surface area contributed by atoms with E-state index in [2.05, 4.69) is 15.5 Å². The Morgan fingerprint density at radius 2 is 2.17 bits per heavy atom. The SMILES string of the molecule is CC(C)C(=O)Nc1cccc(C(=O)N2CCc3[nH]ncc3C2)c1. The van der Waals surface area contributed by atoms with Crippen molar-refractivity contribution in [2.75, 3.05) is 11.9 Å². The minimum absolute atomic E-state index is 0.0301. The zero-order valence-corrected chi connectivity index (χ0v) is 13.3. The van der Waals surface area contributed by atoms with Crippen molar-refractivity contribution in [3.05, 3.63) is 47.3 Å². The van der Waals surface area contributed by atoms with Gasteiger partial charge in [-0.1, -0.05) is 19.9 Å². The number of carbonyl (C=O) groups is 2. The summed E-state index contributed by atoms with van der Waals surface area (Å²) in [6.07, 6.45) is 2.55. The van der Waals surface area contributed by atoms with Crippen molar-refractivity contribution >= 4 is 17.5 Å². The average Bonchev–Trinajstić information content (AvgIpc) is 3.01. The molecule has 0 saturated carbocycles. The third-order valence-corrected chi connectivity index (χ3v) is 3.99. The number of H-pyrrole nitrogens is 1. The van der Waals surface area contributed by atoms with Gasteiger partial charge in [-0.25, -0.2) is 0 Å². The molecule has 120 valence electrons. The van der Waals surface area contributed by atoms with Gasteiger partial charge in [0.25, 0.3) is 5.91 Å². The highest BCUT2D eigenvalue weighted by Crippen LogP contribution is 2.20. The third kappa shape index (κ3) is 3.26. The number of hydrogen-bond acceptors (Lipinski definition) is 3. The molecule has 2 heterocycles. The number of aromatic nitrogens is 2. The first-order valence-electron chi connectivity index (χ1n) is 7.76. The van der Waals surface area contributed by atoms with Crippen molar-refractivity contribution in [2.24, 2.45) is 5.92 Å². The number of benzene rings is 1. The van der Waals surface area contributed by atoms with E-state index in [1.807, 2.05) is 13.8 Å². The fraction of sp³-hybridized carbons (Fsp3) is 0.353. The molecule has 3 rings (SSSR count). The summed E-state index contributed by atoms with van der Waals surface area (Å²) in [6.45, 7) is 4.89. The summed E-state index contributed by atoms with van der Waals surface area (Å²) in [4.78, 5) is 26.3. The Morgan fingerprint density at radius 3 is 2.96 bits per heavy atom. The fourth-order valence-corrected chi connectivity index (χ4v) is 2.59. The van der Waals surface area contributed by atoms with Gasteiger partial charge in [0, 0.05) is 47.9 Å². The molecule has 0 atom stereocenters. The third-order valence-electron chi connectivity index (χ3n) is 3.99. The summed E-state index contributed by atoms with van der Waals surface area (Å²) >= 11 is 0. The van der Waals surface area contributed by atoms with E-state index in [0.717, 1.165) is 17.7 Å². The number of anilines is 1. The molecule has 0 saturated heterocycles. The van der Waals surface area contributed by atoms with Gasteiger partial charge < -0.3 is 10.2 Å². The summed E-state index contributed by atoms with van der Waals surface area (Å²) in [7, 11) is 0. The summed E-state index contributed by atoms with van der Waals surface area (Å²) in [6, 6.07) is 7.09. The lowest BCUT2D eigenvalue weighted by molar-refractivity contribution is -0.118. The van der Waals surface area contributed by atoms with E-state index in [-0.39, 0.29) is 17.7 Å². The molecule has 2 aromatic rings. The Morgan fingerprint density at radius 1 is 1.35 bits per heavy atom. The molecule has 0 fully saturated rings. The van der Waals surface area contributed by atoms with E-state index >= 15 is 0 Å². The van der Waals surface area contributed by atoms with Crippen LogP contribution in [0, 0.1) is 5.92 Å². The topological polar surface area (TPSA) is 78.1 Å². The molecule has 6 heteroatoms. The highest BCUT2D eigenvalue weighted by molar-refractivity contribution is 5.97. The van der Waals surface area contributed by atoms with E-state index in [1.54, 1.807) is 35.4 Å². The Bertz CT molecular complexity index is 736. The second-order valence-corrected chi connectivity index (χ2v) is 6.08. The normalized spacial score (nSPS) is 13.8.